The fourth-order valence-electron chi connectivity index (χ4n) is 3.46. The summed E-state index contributed by atoms with van der Waals surface area (Å²) < 4.78 is 16.6. The summed E-state index contributed by atoms with van der Waals surface area (Å²) in [5.74, 6) is 2.94. The lowest BCUT2D eigenvalue weighted by atomic mass is 10.2. The maximum atomic E-state index is 12.6. The molecule has 10 nitrogen and oxygen atoms in total. The van der Waals surface area contributed by atoms with Crippen LogP contribution in [0, 0.1) is 6.92 Å². The zero-order chi connectivity index (χ0) is 26.4. The van der Waals surface area contributed by atoms with Gasteiger partial charge in [-0.25, -0.2) is 24.7 Å². The number of nitrogens with zero attached hydrogens (tertiary/aromatic N) is 4. The maximum absolute atomic E-state index is 12.6. The Labute approximate surface area is 219 Å². The van der Waals surface area contributed by atoms with Crippen LogP contribution in [0.5, 0.6) is 23.1 Å². The lowest BCUT2D eigenvalue weighted by Gasteiger charge is -2.15. The van der Waals surface area contributed by atoms with Gasteiger partial charge in [0.2, 0.25) is 5.88 Å². The topological polar surface area (TPSA) is 120 Å². The molecule has 0 saturated carbocycles. The molecule has 0 saturated heterocycles. The predicted octanol–water partition coefficient (Wildman–Crippen LogP) is 5.91. The minimum absolute atomic E-state index is 0.341. The highest BCUT2D eigenvalue weighted by molar-refractivity contribution is 6.32. The second-order valence-corrected chi connectivity index (χ2v) is 8.19. The number of carbonyl (C=O) groups excluding carboxylic acids is 1. The summed E-state index contributed by atoms with van der Waals surface area (Å²) >= 11 is 6.19. The Hall–Kier alpha value is -4.44. The molecule has 0 radical (unpaired) electrons. The Morgan fingerprint density at radius 1 is 0.973 bits per heavy atom. The van der Waals surface area contributed by atoms with Crippen LogP contribution in [0.2, 0.25) is 5.02 Å². The third-order valence-electron chi connectivity index (χ3n) is 5.31. The van der Waals surface area contributed by atoms with Crippen molar-refractivity contribution >= 4 is 29.0 Å². The summed E-state index contributed by atoms with van der Waals surface area (Å²) in [5.41, 5.74) is 2.39. The molecule has 0 atom stereocenters. The summed E-state index contributed by atoms with van der Waals surface area (Å²) in [4.78, 5) is 29.9. The lowest BCUT2D eigenvalue weighted by Crippen LogP contribution is -2.20. The van der Waals surface area contributed by atoms with Crippen molar-refractivity contribution < 1.29 is 19.0 Å². The quantitative estimate of drug-likeness (QED) is 0.294. The summed E-state index contributed by atoms with van der Waals surface area (Å²) in [6, 6.07) is 11.6. The van der Waals surface area contributed by atoms with E-state index in [4.69, 9.17) is 25.8 Å². The molecule has 0 aliphatic rings. The third kappa shape index (κ3) is 6.04. The number of halogens is 1. The number of nitrogens with one attached hydrogen (secondary N) is 2. The van der Waals surface area contributed by atoms with E-state index in [0.29, 0.717) is 63.2 Å². The number of carbonyl (C=O) groups is 1. The monoisotopic (exact) mass is 520 g/mol. The highest BCUT2D eigenvalue weighted by Crippen LogP contribution is 2.36. The molecule has 4 aromatic rings. The second-order valence-electron chi connectivity index (χ2n) is 7.78. The van der Waals surface area contributed by atoms with Gasteiger partial charge in [0.15, 0.2) is 5.82 Å². The molecule has 2 aromatic heterocycles. The molecule has 2 amide bonds. The molecule has 0 aliphatic carbocycles. The number of rotatable bonds is 8. The maximum Gasteiger partial charge on any atom is 0.323 e. The predicted molar refractivity (Wildman–Crippen MR) is 141 cm³/mol. The number of benzene rings is 2. The van der Waals surface area contributed by atoms with Gasteiger partial charge in [0, 0.05) is 24.4 Å². The molecule has 190 valence electrons. The van der Waals surface area contributed by atoms with Gasteiger partial charge in [-0.2, -0.15) is 0 Å². The summed E-state index contributed by atoms with van der Waals surface area (Å²) in [6.45, 7) is 3.84. The first kappa shape index (κ1) is 25.6. The number of aryl methyl sites for hydroxylation is 2. The Balaban J connectivity index is 1.49. The number of aromatic nitrogens is 4. The first-order chi connectivity index (χ1) is 17.9. The van der Waals surface area contributed by atoms with Gasteiger partial charge in [0.25, 0.3) is 0 Å². The van der Waals surface area contributed by atoms with Gasteiger partial charge in [0.05, 0.1) is 30.5 Å². The Kier molecular flexibility index (Phi) is 7.99. The van der Waals surface area contributed by atoms with E-state index in [2.05, 4.69) is 30.6 Å². The number of urea groups is 1. The zero-order valence-electron chi connectivity index (χ0n) is 20.7. The van der Waals surface area contributed by atoms with Crippen molar-refractivity contribution in [1.29, 1.82) is 0 Å². The van der Waals surface area contributed by atoms with Crippen molar-refractivity contribution in [2.75, 3.05) is 24.9 Å². The van der Waals surface area contributed by atoms with E-state index < -0.39 is 6.03 Å². The van der Waals surface area contributed by atoms with Crippen LogP contribution < -0.4 is 24.8 Å². The van der Waals surface area contributed by atoms with Gasteiger partial charge >= 0.3 is 6.03 Å². The van der Waals surface area contributed by atoms with Gasteiger partial charge in [-0.3, -0.25) is 0 Å². The molecule has 37 heavy (non-hydrogen) atoms. The standard InChI is InChI=1S/C26H25ClN6O4/c1-5-23-29-14-30-24(33-23)17-7-6-10-28-25(17)37-20-9-8-16(11-15(20)2)31-26(34)32-19-12-18(27)21(35-3)13-22(19)36-4/h6-14H,5H2,1-4H3,(H2,31,32,34). The Bertz CT molecular complexity index is 1430. The van der Waals surface area contributed by atoms with Crippen LogP contribution in [0.1, 0.15) is 18.3 Å². The van der Waals surface area contributed by atoms with E-state index in [1.54, 1.807) is 42.6 Å². The Morgan fingerprint density at radius 3 is 2.51 bits per heavy atom. The fourth-order valence-corrected chi connectivity index (χ4v) is 3.70. The van der Waals surface area contributed by atoms with Crippen LogP contribution in [0.4, 0.5) is 16.2 Å². The van der Waals surface area contributed by atoms with E-state index in [-0.39, 0.29) is 0 Å². The van der Waals surface area contributed by atoms with Crippen molar-refractivity contribution in [1.82, 2.24) is 19.9 Å². The second kappa shape index (κ2) is 11.5. The van der Waals surface area contributed by atoms with Gasteiger partial charge in [-0.05, 0) is 48.9 Å². The molecule has 2 heterocycles. The third-order valence-corrected chi connectivity index (χ3v) is 5.61. The van der Waals surface area contributed by atoms with Gasteiger partial charge in [-0.15, -0.1) is 0 Å². The van der Waals surface area contributed by atoms with Gasteiger partial charge in [0.1, 0.15) is 29.4 Å². The van der Waals surface area contributed by atoms with E-state index in [1.165, 1.54) is 20.5 Å². The molecule has 0 fully saturated rings. The van der Waals surface area contributed by atoms with E-state index in [1.807, 2.05) is 19.9 Å². The summed E-state index contributed by atoms with van der Waals surface area (Å²) in [6.07, 6.45) is 3.80. The number of hydrogen-bond donors (Lipinski definition) is 2. The smallest absolute Gasteiger partial charge is 0.323 e. The number of ether oxygens (including phenoxy) is 3. The largest absolute Gasteiger partial charge is 0.495 e. The molecule has 2 N–H and O–H groups in total. The highest BCUT2D eigenvalue weighted by atomic mass is 35.5. The average molecular weight is 521 g/mol. The summed E-state index contributed by atoms with van der Waals surface area (Å²) in [7, 11) is 2.99. The number of pyridine rings is 1. The van der Waals surface area contributed by atoms with E-state index in [9.17, 15) is 4.79 Å². The minimum Gasteiger partial charge on any atom is -0.495 e. The number of amides is 2. The van der Waals surface area contributed by atoms with Crippen LogP contribution in [0.3, 0.4) is 0 Å². The molecular formula is C26H25ClN6O4. The SMILES string of the molecule is CCc1ncnc(-c2cccnc2Oc2ccc(NC(=O)Nc3cc(Cl)c(OC)cc3OC)cc2C)n1. The summed E-state index contributed by atoms with van der Waals surface area (Å²) in [5, 5.41) is 5.87. The molecule has 11 heteroatoms. The molecule has 0 spiro atoms. The molecule has 0 unspecified atom stereocenters. The van der Waals surface area contributed by atoms with Crippen molar-refractivity contribution in [3.8, 4) is 34.5 Å². The van der Waals surface area contributed by atoms with Gasteiger partial charge in [-0.1, -0.05) is 18.5 Å². The fraction of sp³-hybridized carbons (Fsp3) is 0.192. The zero-order valence-corrected chi connectivity index (χ0v) is 21.5. The van der Waals surface area contributed by atoms with Gasteiger partial charge < -0.3 is 24.8 Å². The van der Waals surface area contributed by atoms with E-state index >= 15 is 0 Å². The van der Waals surface area contributed by atoms with Crippen molar-refractivity contribution in [3.63, 3.8) is 0 Å². The molecule has 2 aromatic carbocycles. The van der Waals surface area contributed by atoms with Crippen molar-refractivity contribution in [3.05, 3.63) is 71.4 Å². The average Bonchev–Trinajstić information content (AvgIpc) is 2.90. The number of anilines is 2. The van der Waals surface area contributed by atoms with Crippen molar-refractivity contribution in [2.24, 2.45) is 0 Å². The molecule has 0 aliphatic heterocycles. The first-order valence-electron chi connectivity index (χ1n) is 11.3. The normalized spacial score (nSPS) is 10.5. The molecular weight excluding hydrogens is 496 g/mol. The van der Waals surface area contributed by atoms with Crippen LogP contribution >= 0.6 is 11.6 Å². The Morgan fingerprint density at radius 2 is 1.78 bits per heavy atom. The first-order valence-corrected chi connectivity index (χ1v) is 11.7. The van der Waals surface area contributed by atoms with E-state index in [0.717, 1.165) is 5.56 Å². The van der Waals surface area contributed by atoms with Crippen molar-refractivity contribution in [2.45, 2.75) is 20.3 Å². The van der Waals surface area contributed by atoms with Crippen LogP contribution in [0.15, 0.2) is 55.0 Å². The molecule has 0 bridgehead atoms. The molecule has 4 rings (SSSR count). The number of hydrogen-bond acceptors (Lipinski definition) is 8. The minimum atomic E-state index is -0.471. The lowest BCUT2D eigenvalue weighted by molar-refractivity contribution is 0.262. The van der Waals surface area contributed by atoms with Crippen LogP contribution in [0.25, 0.3) is 11.4 Å². The van der Waals surface area contributed by atoms with Crippen LogP contribution in [-0.4, -0.2) is 40.2 Å². The number of methoxy groups -OCH3 is 2. The highest BCUT2D eigenvalue weighted by Gasteiger charge is 2.15. The van der Waals surface area contributed by atoms with Crippen LogP contribution in [-0.2, 0) is 6.42 Å².